The van der Waals surface area contributed by atoms with Crippen molar-refractivity contribution >= 4 is 21.8 Å². The Hall–Kier alpha value is -2.69. The van der Waals surface area contributed by atoms with Crippen LogP contribution >= 0.6 is 0 Å². The Morgan fingerprint density at radius 1 is 1.09 bits per heavy atom. The fourth-order valence-electron chi connectivity index (χ4n) is 7.01. The standard InChI is InChI=1S/C28H31F2N3/c1-14(2)27-23(18-12-28(13-18)10-15(3)11-28)24-22(9-20-17(5)31-32-26(20)25(24)30)33(27)19-6-7-21(29)16(4)8-19/h6-9,14-15,18H,10-13H2,1-5H3,(H,31,32). The number of aromatic amines is 1. The molecule has 2 aromatic heterocycles. The van der Waals surface area contributed by atoms with Crippen LogP contribution in [0.5, 0.6) is 0 Å². The molecule has 2 aliphatic carbocycles. The third-order valence-corrected chi connectivity index (χ3v) is 8.27. The predicted octanol–water partition coefficient (Wildman–Crippen LogP) is 7.82. The first-order chi connectivity index (χ1) is 15.7. The third kappa shape index (κ3) is 2.87. The molecule has 0 aliphatic heterocycles. The van der Waals surface area contributed by atoms with Crippen LogP contribution in [0.4, 0.5) is 8.78 Å². The lowest BCUT2D eigenvalue weighted by Crippen LogP contribution is -2.45. The topological polar surface area (TPSA) is 33.6 Å². The molecule has 0 atom stereocenters. The average Bonchev–Trinajstić information content (AvgIpc) is 3.25. The van der Waals surface area contributed by atoms with E-state index < -0.39 is 0 Å². The smallest absolute Gasteiger partial charge is 0.158 e. The minimum absolute atomic E-state index is 0.201. The fourth-order valence-corrected chi connectivity index (χ4v) is 7.01. The van der Waals surface area contributed by atoms with E-state index in [0.717, 1.165) is 52.3 Å². The summed E-state index contributed by atoms with van der Waals surface area (Å²) in [6.07, 6.45) is 4.86. The minimum Gasteiger partial charge on any atom is -0.313 e. The molecule has 172 valence electrons. The number of hydrogen-bond donors (Lipinski definition) is 1. The molecule has 2 aromatic carbocycles. The number of halogens is 2. The molecule has 33 heavy (non-hydrogen) atoms. The zero-order valence-corrected chi connectivity index (χ0v) is 20.0. The largest absolute Gasteiger partial charge is 0.313 e. The van der Waals surface area contributed by atoms with Crippen molar-refractivity contribution in [3.05, 3.63) is 58.4 Å². The van der Waals surface area contributed by atoms with Crippen molar-refractivity contribution in [3.63, 3.8) is 0 Å². The van der Waals surface area contributed by atoms with Crippen LogP contribution in [-0.4, -0.2) is 14.8 Å². The van der Waals surface area contributed by atoms with Gasteiger partial charge in [0.2, 0.25) is 0 Å². The number of aromatic nitrogens is 3. The summed E-state index contributed by atoms with van der Waals surface area (Å²) in [6, 6.07) is 7.29. The Kier molecular flexibility index (Phi) is 4.37. The molecule has 5 heteroatoms. The van der Waals surface area contributed by atoms with Gasteiger partial charge in [0, 0.05) is 22.2 Å². The highest BCUT2D eigenvalue weighted by Gasteiger charge is 2.53. The van der Waals surface area contributed by atoms with E-state index in [1.165, 1.54) is 18.9 Å². The van der Waals surface area contributed by atoms with Gasteiger partial charge in [0.05, 0.1) is 11.2 Å². The van der Waals surface area contributed by atoms with E-state index in [2.05, 4.69) is 41.6 Å². The molecule has 4 aromatic rings. The second-order valence-corrected chi connectivity index (χ2v) is 11.2. The molecular weight excluding hydrogens is 416 g/mol. The van der Waals surface area contributed by atoms with Crippen molar-refractivity contribution < 1.29 is 8.78 Å². The molecule has 0 unspecified atom stereocenters. The molecule has 0 amide bonds. The van der Waals surface area contributed by atoms with Gasteiger partial charge in [0.1, 0.15) is 11.3 Å². The van der Waals surface area contributed by atoms with Crippen LogP contribution in [0.3, 0.4) is 0 Å². The van der Waals surface area contributed by atoms with E-state index in [-0.39, 0.29) is 17.6 Å². The van der Waals surface area contributed by atoms with E-state index in [1.54, 1.807) is 6.92 Å². The Bertz CT molecular complexity index is 1410. The molecule has 2 heterocycles. The SMILES string of the molecule is Cc1cc(-n2c(C(C)C)c(C3CC4(CC(C)C4)C3)c3c(F)c4[nH]nc(C)c4cc32)ccc1F. The van der Waals surface area contributed by atoms with E-state index in [4.69, 9.17) is 0 Å². The van der Waals surface area contributed by atoms with Crippen molar-refractivity contribution in [2.45, 2.75) is 72.1 Å². The number of aryl methyl sites for hydroxylation is 2. The Labute approximate surface area is 193 Å². The van der Waals surface area contributed by atoms with Gasteiger partial charge in [0.25, 0.3) is 0 Å². The van der Waals surface area contributed by atoms with Crippen LogP contribution < -0.4 is 0 Å². The maximum atomic E-state index is 16.2. The van der Waals surface area contributed by atoms with Gasteiger partial charge in [-0.2, -0.15) is 5.10 Å². The van der Waals surface area contributed by atoms with Crippen LogP contribution in [0.2, 0.25) is 0 Å². The highest BCUT2D eigenvalue weighted by Crippen LogP contribution is 2.65. The maximum absolute atomic E-state index is 16.2. The van der Waals surface area contributed by atoms with E-state index in [1.807, 2.05) is 19.1 Å². The van der Waals surface area contributed by atoms with Crippen molar-refractivity contribution in [2.75, 3.05) is 0 Å². The first-order valence-corrected chi connectivity index (χ1v) is 12.2. The van der Waals surface area contributed by atoms with Gasteiger partial charge < -0.3 is 4.57 Å². The maximum Gasteiger partial charge on any atom is 0.158 e. The lowest BCUT2D eigenvalue weighted by Gasteiger charge is -2.57. The van der Waals surface area contributed by atoms with Crippen LogP contribution in [0.15, 0.2) is 24.3 Å². The number of H-pyrrole nitrogens is 1. The molecule has 0 bridgehead atoms. The molecule has 6 rings (SSSR count). The van der Waals surface area contributed by atoms with Crippen molar-refractivity contribution in [2.24, 2.45) is 11.3 Å². The van der Waals surface area contributed by atoms with Gasteiger partial charge in [-0.15, -0.1) is 0 Å². The number of benzene rings is 2. The molecule has 2 aliphatic rings. The number of rotatable bonds is 3. The second-order valence-electron chi connectivity index (χ2n) is 11.2. The Balaban J connectivity index is 1.66. The van der Waals surface area contributed by atoms with Crippen molar-refractivity contribution in [1.29, 1.82) is 0 Å². The molecule has 1 spiro atoms. The molecular formula is C28H31F2N3. The number of nitrogens with zero attached hydrogens (tertiary/aromatic N) is 2. The van der Waals surface area contributed by atoms with E-state index in [0.29, 0.717) is 27.8 Å². The number of hydrogen-bond acceptors (Lipinski definition) is 1. The quantitative estimate of drug-likeness (QED) is 0.341. The van der Waals surface area contributed by atoms with Gasteiger partial charge in [0.15, 0.2) is 5.82 Å². The summed E-state index contributed by atoms with van der Waals surface area (Å²) in [5, 5.41) is 8.72. The van der Waals surface area contributed by atoms with Crippen LogP contribution in [0.1, 0.15) is 80.8 Å². The summed E-state index contributed by atoms with van der Waals surface area (Å²) in [5.74, 6) is 0.937. The molecule has 0 radical (unpaired) electrons. The molecule has 0 saturated heterocycles. The van der Waals surface area contributed by atoms with Crippen molar-refractivity contribution in [3.8, 4) is 5.69 Å². The minimum atomic E-state index is -0.221. The average molecular weight is 448 g/mol. The monoisotopic (exact) mass is 447 g/mol. The Morgan fingerprint density at radius 2 is 1.82 bits per heavy atom. The van der Waals surface area contributed by atoms with E-state index >= 15 is 4.39 Å². The summed E-state index contributed by atoms with van der Waals surface area (Å²) in [5.41, 5.74) is 6.38. The number of nitrogens with one attached hydrogen (secondary N) is 1. The predicted molar refractivity (Wildman–Crippen MR) is 129 cm³/mol. The fraction of sp³-hybridized carbons (Fsp3) is 0.464. The summed E-state index contributed by atoms with van der Waals surface area (Å²) >= 11 is 0. The lowest BCUT2D eigenvalue weighted by molar-refractivity contribution is -0.0341. The lowest BCUT2D eigenvalue weighted by atomic mass is 9.47. The van der Waals surface area contributed by atoms with Gasteiger partial charge in [-0.25, -0.2) is 8.78 Å². The summed E-state index contributed by atoms with van der Waals surface area (Å²) < 4.78 is 32.5. The van der Waals surface area contributed by atoms with Gasteiger partial charge in [-0.05, 0) is 98.1 Å². The molecule has 2 fully saturated rings. The summed E-state index contributed by atoms with van der Waals surface area (Å²) in [4.78, 5) is 0. The zero-order chi connectivity index (χ0) is 23.2. The van der Waals surface area contributed by atoms with Crippen molar-refractivity contribution in [1.82, 2.24) is 14.8 Å². The highest BCUT2D eigenvalue weighted by molar-refractivity contribution is 6.01. The van der Waals surface area contributed by atoms with E-state index in [9.17, 15) is 4.39 Å². The molecule has 2 saturated carbocycles. The summed E-state index contributed by atoms with van der Waals surface area (Å²) in [7, 11) is 0. The molecule has 1 N–H and O–H groups in total. The normalized spacial score (nSPS) is 24.7. The van der Waals surface area contributed by atoms with Gasteiger partial charge in [-0.1, -0.05) is 20.8 Å². The number of fused-ring (bicyclic) bond motifs is 2. The zero-order valence-electron chi connectivity index (χ0n) is 20.0. The van der Waals surface area contributed by atoms with Crippen LogP contribution in [-0.2, 0) is 0 Å². The summed E-state index contributed by atoms with van der Waals surface area (Å²) in [6.45, 7) is 10.4. The molecule has 3 nitrogen and oxygen atoms in total. The first kappa shape index (κ1) is 20.9. The van der Waals surface area contributed by atoms with Crippen LogP contribution in [0, 0.1) is 36.8 Å². The Morgan fingerprint density at radius 3 is 2.45 bits per heavy atom. The van der Waals surface area contributed by atoms with Gasteiger partial charge >= 0.3 is 0 Å². The first-order valence-electron chi connectivity index (χ1n) is 12.2. The third-order valence-electron chi connectivity index (χ3n) is 8.27. The van der Waals surface area contributed by atoms with Gasteiger partial charge in [-0.3, -0.25) is 5.10 Å². The highest BCUT2D eigenvalue weighted by atomic mass is 19.1. The van der Waals surface area contributed by atoms with Crippen LogP contribution in [0.25, 0.3) is 27.5 Å². The second kappa shape index (κ2) is 6.91.